The second kappa shape index (κ2) is 6.59. The van der Waals surface area contributed by atoms with Gasteiger partial charge in [-0.15, -0.1) is 0 Å². The van der Waals surface area contributed by atoms with Crippen LogP contribution in [0.5, 0.6) is 0 Å². The van der Waals surface area contributed by atoms with Crippen LogP contribution in [0.15, 0.2) is 12.4 Å². The molecular weight excluding hydrogens is 322 g/mol. The van der Waals surface area contributed by atoms with Crippen molar-refractivity contribution in [1.29, 1.82) is 0 Å². The van der Waals surface area contributed by atoms with Gasteiger partial charge in [-0.3, -0.25) is 4.79 Å². The number of hydrogen-bond donors (Lipinski definition) is 1. The molecule has 136 valence electrons. The molecule has 3 amide bonds. The predicted molar refractivity (Wildman–Crippen MR) is 91.0 cm³/mol. The Morgan fingerprint density at radius 3 is 2.32 bits per heavy atom. The summed E-state index contributed by atoms with van der Waals surface area (Å²) in [5, 5.41) is 10.9. The van der Waals surface area contributed by atoms with Gasteiger partial charge in [0.25, 0.3) is 5.91 Å². The molecule has 0 aliphatic carbocycles. The predicted octanol–water partition coefficient (Wildman–Crippen LogP) is 0.366. The van der Waals surface area contributed by atoms with Crippen LogP contribution in [0, 0.1) is 12.8 Å². The highest BCUT2D eigenvalue weighted by molar-refractivity contribution is 5.93. The number of amides is 3. The number of carbonyl (C=O) groups is 2. The van der Waals surface area contributed by atoms with E-state index in [4.69, 9.17) is 0 Å². The van der Waals surface area contributed by atoms with Gasteiger partial charge in [-0.2, -0.15) is 0 Å². The van der Waals surface area contributed by atoms with Crippen molar-refractivity contribution in [3.05, 3.63) is 23.8 Å². The largest absolute Gasteiger partial charge is 0.389 e. The van der Waals surface area contributed by atoms with Crippen molar-refractivity contribution in [2.75, 3.05) is 40.3 Å². The molecule has 8 heteroatoms. The summed E-state index contributed by atoms with van der Waals surface area (Å²) in [7, 11) is 3.44. The fourth-order valence-electron chi connectivity index (χ4n) is 3.63. The molecule has 2 saturated heterocycles. The molecule has 2 aliphatic rings. The van der Waals surface area contributed by atoms with Crippen molar-refractivity contribution in [3.63, 3.8) is 0 Å². The smallest absolute Gasteiger partial charge is 0.319 e. The first-order valence-corrected chi connectivity index (χ1v) is 8.57. The number of rotatable bonds is 1. The molecule has 25 heavy (non-hydrogen) atoms. The Balaban J connectivity index is 1.72. The average molecular weight is 347 g/mol. The molecule has 1 aromatic heterocycles. The summed E-state index contributed by atoms with van der Waals surface area (Å²) in [5.74, 6) is 0.349. The van der Waals surface area contributed by atoms with E-state index in [1.165, 1.54) is 12.4 Å². The summed E-state index contributed by atoms with van der Waals surface area (Å²) in [4.78, 5) is 38.1. The average Bonchev–Trinajstić information content (AvgIpc) is 2.60. The van der Waals surface area contributed by atoms with Gasteiger partial charge < -0.3 is 19.8 Å². The fourth-order valence-corrected chi connectivity index (χ4v) is 3.63. The third kappa shape index (κ3) is 3.44. The van der Waals surface area contributed by atoms with E-state index >= 15 is 0 Å². The second-order valence-corrected chi connectivity index (χ2v) is 7.19. The van der Waals surface area contributed by atoms with Crippen LogP contribution in [-0.4, -0.2) is 87.6 Å². The van der Waals surface area contributed by atoms with Crippen molar-refractivity contribution in [2.24, 2.45) is 5.92 Å². The molecule has 2 atom stereocenters. The Hall–Kier alpha value is -2.22. The SMILES string of the molecule is Cc1ncc(C(=O)N2CC[C@]3(O)CCN(C(=O)N(C)C)C[C@@H]3C2)cn1. The lowest BCUT2D eigenvalue weighted by Crippen LogP contribution is -2.62. The molecular formula is C17H25N5O3. The molecule has 3 rings (SSSR count). The lowest BCUT2D eigenvalue weighted by atomic mass is 9.75. The number of aromatic nitrogens is 2. The molecule has 0 bridgehead atoms. The van der Waals surface area contributed by atoms with Crippen molar-refractivity contribution in [2.45, 2.75) is 25.4 Å². The topological polar surface area (TPSA) is 89.9 Å². The van der Waals surface area contributed by atoms with Gasteiger partial charge in [0.2, 0.25) is 0 Å². The van der Waals surface area contributed by atoms with Crippen LogP contribution in [0.3, 0.4) is 0 Å². The molecule has 0 aromatic carbocycles. The Kier molecular flexibility index (Phi) is 4.64. The lowest BCUT2D eigenvalue weighted by Gasteiger charge is -2.50. The monoisotopic (exact) mass is 347 g/mol. The van der Waals surface area contributed by atoms with E-state index in [2.05, 4.69) is 9.97 Å². The fraction of sp³-hybridized carbons (Fsp3) is 0.647. The van der Waals surface area contributed by atoms with Crippen LogP contribution in [0.25, 0.3) is 0 Å². The molecule has 3 heterocycles. The van der Waals surface area contributed by atoms with Gasteiger partial charge in [0, 0.05) is 58.6 Å². The minimum absolute atomic E-state index is 0.0579. The number of aryl methyl sites for hydroxylation is 1. The summed E-state index contributed by atoms with van der Waals surface area (Å²) < 4.78 is 0. The highest BCUT2D eigenvalue weighted by Gasteiger charge is 2.47. The first-order chi connectivity index (χ1) is 11.8. The highest BCUT2D eigenvalue weighted by atomic mass is 16.3. The Labute approximate surface area is 147 Å². The highest BCUT2D eigenvalue weighted by Crippen LogP contribution is 2.36. The number of urea groups is 1. The van der Waals surface area contributed by atoms with Crippen LogP contribution in [0.2, 0.25) is 0 Å². The van der Waals surface area contributed by atoms with E-state index in [1.54, 1.807) is 35.7 Å². The van der Waals surface area contributed by atoms with E-state index < -0.39 is 5.60 Å². The Morgan fingerprint density at radius 1 is 1.16 bits per heavy atom. The molecule has 0 spiro atoms. The van der Waals surface area contributed by atoms with Gasteiger partial charge in [-0.25, -0.2) is 14.8 Å². The van der Waals surface area contributed by atoms with E-state index in [0.29, 0.717) is 50.4 Å². The van der Waals surface area contributed by atoms with Crippen molar-refractivity contribution >= 4 is 11.9 Å². The summed E-state index contributed by atoms with van der Waals surface area (Å²) in [5.41, 5.74) is -0.350. The zero-order valence-corrected chi connectivity index (χ0v) is 15.0. The minimum Gasteiger partial charge on any atom is -0.389 e. The minimum atomic E-state index is -0.802. The van der Waals surface area contributed by atoms with E-state index in [9.17, 15) is 14.7 Å². The number of likely N-dealkylation sites (tertiary alicyclic amines) is 2. The van der Waals surface area contributed by atoms with E-state index in [-0.39, 0.29) is 17.9 Å². The van der Waals surface area contributed by atoms with E-state index in [1.807, 2.05) is 0 Å². The number of aliphatic hydroxyl groups is 1. The number of hydrogen-bond acceptors (Lipinski definition) is 5. The molecule has 2 aliphatic heterocycles. The van der Waals surface area contributed by atoms with Crippen LogP contribution >= 0.6 is 0 Å². The summed E-state index contributed by atoms with van der Waals surface area (Å²) in [6.45, 7) is 3.71. The normalized spacial score (nSPS) is 26.2. The maximum atomic E-state index is 12.7. The third-order valence-electron chi connectivity index (χ3n) is 5.24. The molecule has 1 N–H and O–H groups in total. The maximum Gasteiger partial charge on any atom is 0.319 e. The molecule has 0 radical (unpaired) electrons. The molecule has 0 unspecified atom stereocenters. The third-order valence-corrected chi connectivity index (χ3v) is 5.24. The number of carbonyl (C=O) groups excluding carboxylic acids is 2. The maximum absolute atomic E-state index is 12.7. The molecule has 1 aromatic rings. The van der Waals surface area contributed by atoms with Gasteiger partial charge in [0.05, 0.1) is 11.2 Å². The first-order valence-electron chi connectivity index (χ1n) is 8.57. The summed E-state index contributed by atoms with van der Waals surface area (Å²) in [6, 6.07) is -0.0579. The number of nitrogens with zero attached hydrogens (tertiary/aromatic N) is 5. The van der Waals surface area contributed by atoms with Crippen LogP contribution < -0.4 is 0 Å². The zero-order chi connectivity index (χ0) is 18.2. The molecule has 2 fully saturated rings. The van der Waals surface area contributed by atoms with Gasteiger partial charge in [-0.1, -0.05) is 0 Å². The Morgan fingerprint density at radius 2 is 1.72 bits per heavy atom. The summed E-state index contributed by atoms with van der Waals surface area (Å²) >= 11 is 0. The Bertz CT molecular complexity index is 663. The standard InChI is InChI=1S/C17H25N5O3/c1-12-18-8-13(9-19-12)15(23)21-6-4-17(25)5-7-22(11-14(17)10-21)16(24)20(2)3/h8-9,14,25H,4-7,10-11H2,1-3H3/t14-,17-/m0/s1. The number of fused-ring (bicyclic) bond motifs is 1. The quantitative estimate of drug-likeness (QED) is 0.792. The van der Waals surface area contributed by atoms with Gasteiger partial charge in [0.1, 0.15) is 5.82 Å². The van der Waals surface area contributed by atoms with Crippen LogP contribution in [-0.2, 0) is 0 Å². The van der Waals surface area contributed by atoms with Gasteiger partial charge in [-0.05, 0) is 19.8 Å². The van der Waals surface area contributed by atoms with Crippen molar-refractivity contribution in [3.8, 4) is 0 Å². The zero-order valence-electron chi connectivity index (χ0n) is 15.0. The van der Waals surface area contributed by atoms with Crippen molar-refractivity contribution < 1.29 is 14.7 Å². The van der Waals surface area contributed by atoms with Gasteiger partial charge in [0.15, 0.2) is 0 Å². The lowest BCUT2D eigenvalue weighted by molar-refractivity contribution is -0.100. The number of piperidine rings is 2. The molecule has 8 nitrogen and oxygen atoms in total. The second-order valence-electron chi connectivity index (χ2n) is 7.19. The summed E-state index contributed by atoms with van der Waals surface area (Å²) in [6.07, 6.45) is 4.15. The van der Waals surface area contributed by atoms with Crippen LogP contribution in [0.4, 0.5) is 4.79 Å². The molecule has 0 saturated carbocycles. The van der Waals surface area contributed by atoms with Gasteiger partial charge >= 0.3 is 6.03 Å². The van der Waals surface area contributed by atoms with Crippen LogP contribution in [0.1, 0.15) is 29.0 Å². The van der Waals surface area contributed by atoms with Crippen molar-refractivity contribution in [1.82, 2.24) is 24.7 Å². The first kappa shape index (κ1) is 17.6. The van der Waals surface area contributed by atoms with E-state index in [0.717, 1.165) is 0 Å².